The van der Waals surface area contributed by atoms with Gasteiger partial charge in [-0.1, -0.05) is 82.6 Å². The Labute approximate surface area is 293 Å². The third-order valence-electron chi connectivity index (χ3n) is 13.1. The van der Waals surface area contributed by atoms with E-state index < -0.39 is 0 Å². The topological polar surface area (TPSA) is 62.5 Å². The summed E-state index contributed by atoms with van der Waals surface area (Å²) >= 11 is 0. The summed E-state index contributed by atoms with van der Waals surface area (Å²) in [4.78, 5) is 15.2. The predicted octanol–water partition coefficient (Wildman–Crippen LogP) is 11.3. The Balaban J connectivity index is 1.15. The third-order valence-corrected chi connectivity index (χ3v) is 13.1. The molecule has 0 amide bonds. The maximum absolute atomic E-state index is 9.41. The molecule has 1 aromatic heterocycles. The van der Waals surface area contributed by atoms with E-state index in [1.165, 1.54) is 81.8 Å². The molecule has 4 bridgehead atoms. The van der Waals surface area contributed by atoms with Crippen LogP contribution < -0.4 is 0 Å². The van der Waals surface area contributed by atoms with E-state index in [2.05, 4.69) is 82.3 Å². The van der Waals surface area contributed by atoms with Crippen molar-refractivity contribution in [1.29, 1.82) is 5.26 Å². The number of hydrogen-bond donors (Lipinski definition) is 0. The zero-order chi connectivity index (χ0) is 33.8. The fourth-order valence-electron chi connectivity index (χ4n) is 11.6. The minimum atomic E-state index is 0.295. The number of benzene rings is 3. The van der Waals surface area contributed by atoms with Crippen molar-refractivity contribution >= 4 is 0 Å². The second-order valence-corrected chi connectivity index (χ2v) is 17.2. The lowest BCUT2D eigenvalue weighted by Crippen LogP contribution is -2.42. The van der Waals surface area contributed by atoms with Gasteiger partial charge in [-0.15, -0.1) is 0 Å². The molecule has 4 aliphatic rings. The summed E-state index contributed by atoms with van der Waals surface area (Å²) < 4.78 is 0. The zero-order valence-corrected chi connectivity index (χ0v) is 30.0. The second-order valence-electron chi connectivity index (χ2n) is 17.2. The third kappa shape index (κ3) is 6.24. The van der Waals surface area contributed by atoms with E-state index in [1.54, 1.807) is 0 Å². The Hall–Kier alpha value is -3.84. The predicted molar refractivity (Wildman–Crippen MR) is 199 cm³/mol. The van der Waals surface area contributed by atoms with Crippen LogP contribution in [-0.4, -0.2) is 15.0 Å². The van der Waals surface area contributed by atoms with Crippen LogP contribution in [0.4, 0.5) is 0 Å². The van der Waals surface area contributed by atoms with Gasteiger partial charge < -0.3 is 0 Å². The van der Waals surface area contributed by atoms with Crippen LogP contribution in [0, 0.1) is 46.8 Å². The lowest BCUT2D eigenvalue weighted by molar-refractivity contribution is 0.0702. The summed E-state index contributed by atoms with van der Waals surface area (Å²) in [6.45, 7) is 9.76. The van der Waals surface area contributed by atoms with Crippen LogP contribution in [0.25, 0.3) is 34.2 Å². The van der Waals surface area contributed by atoms with Crippen molar-refractivity contribution in [3.05, 3.63) is 89.5 Å². The Morgan fingerprint density at radius 1 is 0.551 bits per heavy atom. The average Bonchev–Trinajstić information content (AvgIpc) is 3.10. The molecular formula is C45H52N4. The van der Waals surface area contributed by atoms with Crippen LogP contribution in [0.2, 0.25) is 0 Å². The van der Waals surface area contributed by atoms with Gasteiger partial charge in [-0.05, 0) is 146 Å². The summed E-state index contributed by atoms with van der Waals surface area (Å²) in [5, 5.41) is 9.41. The number of nitriles is 1. The normalized spacial score (nSPS) is 32.3. The first-order chi connectivity index (χ1) is 23.7. The summed E-state index contributed by atoms with van der Waals surface area (Å²) in [6.07, 6.45) is 14.7. The fraction of sp³-hybridized carbons (Fsp3) is 0.511. The molecule has 2 unspecified atom stereocenters. The Kier molecular flexibility index (Phi) is 8.46. The van der Waals surface area contributed by atoms with Crippen LogP contribution in [0.15, 0.2) is 72.8 Å². The number of aromatic nitrogens is 3. The first-order valence-electron chi connectivity index (χ1n) is 19.2. The quantitative estimate of drug-likeness (QED) is 0.209. The molecule has 4 nitrogen and oxygen atoms in total. The zero-order valence-electron chi connectivity index (χ0n) is 30.0. The van der Waals surface area contributed by atoms with Crippen molar-refractivity contribution in [2.45, 2.75) is 109 Å². The van der Waals surface area contributed by atoms with Crippen molar-refractivity contribution < 1.29 is 0 Å². The van der Waals surface area contributed by atoms with Gasteiger partial charge in [-0.25, -0.2) is 15.0 Å². The van der Waals surface area contributed by atoms with Gasteiger partial charge in [0, 0.05) is 16.7 Å². The highest BCUT2D eigenvalue weighted by molar-refractivity contribution is 5.67. The summed E-state index contributed by atoms with van der Waals surface area (Å²) in [6, 6.07) is 28.3. The fourth-order valence-corrected chi connectivity index (χ4v) is 11.6. The molecule has 4 saturated carbocycles. The van der Waals surface area contributed by atoms with Crippen LogP contribution in [0.5, 0.6) is 0 Å². The highest BCUT2D eigenvalue weighted by Gasteiger charge is 2.46. The molecule has 0 radical (unpaired) electrons. The molecule has 4 aromatic rings. The minimum absolute atomic E-state index is 0.295. The smallest absolute Gasteiger partial charge is 0.164 e. The molecule has 1 heterocycles. The van der Waals surface area contributed by atoms with E-state index >= 15 is 0 Å². The van der Waals surface area contributed by atoms with Crippen molar-refractivity contribution in [2.75, 3.05) is 0 Å². The van der Waals surface area contributed by atoms with Crippen LogP contribution in [0.1, 0.15) is 115 Å². The van der Waals surface area contributed by atoms with E-state index in [1.807, 2.05) is 24.3 Å². The molecule has 0 spiro atoms. The van der Waals surface area contributed by atoms with E-state index in [-0.39, 0.29) is 0 Å². The molecule has 8 atom stereocenters. The Bertz CT molecular complexity index is 1810. The summed E-state index contributed by atoms with van der Waals surface area (Å²) in [5.41, 5.74) is 7.15. The van der Waals surface area contributed by atoms with Crippen LogP contribution in [0.3, 0.4) is 0 Å². The van der Waals surface area contributed by atoms with Gasteiger partial charge in [0.15, 0.2) is 17.5 Å². The van der Waals surface area contributed by atoms with Gasteiger partial charge in [0.05, 0.1) is 11.6 Å². The standard InChI is InChI=1S/C45H52N4/c1-5-32-21-35-20-31(4)24-45(25-32,27-35)40-16-12-38(13-17-40)43-48-41(36-8-6-33(28-46)7-9-36)47-42(49-43)37-10-14-39(15-11-37)44-22-29(2)18-34(26-44)19-30(3)23-44/h6-17,29-32,34-35H,5,18-27H2,1-4H3/t29-,30+,31-,32+,34-,35-,44?,45?/m0/s1. The molecular weight excluding hydrogens is 597 g/mol. The van der Waals surface area contributed by atoms with Crippen LogP contribution >= 0.6 is 0 Å². The number of fused-ring (bicyclic) bond motifs is 4. The average molecular weight is 649 g/mol. The Morgan fingerprint density at radius 2 is 0.939 bits per heavy atom. The summed E-state index contributed by atoms with van der Waals surface area (Å²) in [5.74, 6) is 6.94. The van der Waals surface area contributed by atoms with E-state index in [9.17, 15) is 5.26 Å². The van der Waals surface area contributed by atoms with Crippen molar-refractivity contribution in [2.24, 2.45) is 35.5 Å². The van der Waals surface area contributed by atoms with Crippen molar-refractivity contribution in [3.8, 4) is 40.2 Å². The lowest BCUT2D eigenvalue weighted by atomic mass is 9.54. The maximum Gasteiger partial charge on any atom is 0.164 e. The number of rotatable bonds is 6. The van der Waals surface area contributed by atoms with E-state index in [0.29, 0.717) is 33.9 Å². The van der Waals surface area contributed by atoms with Gasteiger partial charge in [0.2, 0.25) is 0 Å². The molecule has 252 valence electrons. The molecule has 3 aromatic carbocycles. The first kappa shape index (κ1) is 32.4. The number of hydrogen-bond acceptors (Lipinski definition) is 4. The molecule has 49 heavy (non-hydrogen) atoms. The highest BCUT2D eigenvalue weighted by Crippen LogP contribution is 2.56. The second kappa shape index (κ2) is 12.8. The SMILES string of the molecule is CC[C@@H]1C[C@@H]2C[C@H](C)CC(c3ccc(-c4nc(-c5ccc(C#N)cc5)nc(-c5ccc(C67C[C@H](C)C[C@H](C[C@H](C)C6)C7)cc5)n4)cc3)(C1)C2. The Morgan fingerprint density at radius 3 is 1.35 bits per heavy atom. The van der Waals surface area contributed by atoms with Crippen LogP contribution in [-0.2, 0) is 10.8 Å². The first-order valence-corrected chi connectivity index (χ1v) is 19.2. The molecule has 4 aliphatic carbocycles. The van der Waals surface area contributed by atoms with E-state index in [0.717, 1.165) is 52.2 Å². The molecule has 4 fully saturated rings. The molecule has 4 heteroatoms. The van der Waals surface area contributed by atoms with Gasteiger partial charge in [0.1, 0.15) is 0 Å². The van der Waals surface area contributed by atoms with Gasteiger partial charge in [-0.2, -0.15) is 5.26 Å². The van der Waals surface area contributed by atoms with Gasteiger partial charge in [0.25, 0.3) is 0 Å². The molecule has 8 rings (SSSR count). The van der Waals surface area contributed by atoms with Gasteiger partial charge >= 0.3 is 0 Å². The number of nitrogens with zero attached hydrogens (tertiary/aromatic N) is 4. The van der Waals surface area contributed by atoms with Crippen molar-refractivity contribution in [3.63, 3.8) is 0 Å². The molecule has 0 aliphatic heterocycles. The lowest BCUT2D eigenvalue weighted by Gasteiger charge is -2.51. The molecule has 0 saturated heterocycles. The largest absolute Gasteiger partial charge is 0.208 e. The summed E-state index contributed by atoms with van der Waals surface area (Å²) in [7, 11) is 0. The monoisotopic (exact) mass is 648 g/mol. The maximum atomic E-state index is 9.41. The van der Waals surface area contributed by atoms with Gasteiger partial charge in [-0.3, -0.25) is 0 Å². The van der Waals surface area contributed by atoms with Crippen molar-refractivity contribution in [1.82, 2.24) is 15.0 Å². The highest BCUT2D eigenvalue weighted by atomic mass is 15.0. The molecule has 0 N–H and O–H groups in total. The van der Waals surface area contributed by atoms with E-state index in [4.69, 9.17) is 15.0 Å². The minimum Gasteiger partial charge on any atom is -0.208 e.